The first-order valence-corrected chi connectivity index (χ1v) is 4.62. The number of hydrogen-bond acceptors (Lipinski definition) is 4. The molecule has 0 aromatic rings. The minimum atomic E-state index is -1.02. The Morgan fingerprint density at radius 2 is 2.13 bits per heavy atom. The van der Waals surface area contributed by atoms with Crippen LogP contribution >= 0.6 is 0 Å². The van der Waals surface area contributed by atoms with Crippen molar-refractivity contribution in [2.75, 3.05) is 20.2 Å². The zero-order valence-corrected chi connectivity index (χ0v) is 8.43. The van der Waals surface area contributed by atoms with Crippen LogP contribution in [0.4, 0.5) is 4.79 Å². The predicted octanol–water partition coefficient (Wildman–Crippen LogP) is 0.118. The van der Waals surface area contributed by atoms with Gasteiger partial charge in [-0.25, -0.2) is 4.79 Å². The molecule has 0 aromatic carbocycles. The molecule has 0 aromatic heterocycles. The Balaban J connectivity index is 2.43. The molecule has 1 aliphatic rings. The van der Waals surface area contributed by atoms with Gasteiger partial charge in [0.1, 0.15) is 12.2 Å². The summed E-state index contributed by atoms with van der Waals surface area (Å²) >= 11 is 0. The van der Waals surface area contributed by atoms with Crippen molar-refractivity contribution in [1.29, 1.82) is 0 Å². The molecule has 1 N–H and O–H groups in total. The minimum Gasteiger partial charge on any atom is -0.469 e. The number of ether oxygens (including phenoxy) is 1. The number of methoxy groups -OCH3 is 1. The molecule has 0 saturated carbocycles. The fourth-order valence-corrected chi connectivity index (χ4v) is 1.56. The van der Waals surface area contributed by atoms with Gasteiger partial charge < -0.3 is 14.7 Å². The summed E-state index contributed by atoms with van der Waals surface area (Å²) < 4.78 is 4.37. The van der Waals surface area contributed by atoms with Crippen molar-refractivity contribution in [2.24, 2.45) is 5.92 Å². The lowest BCUT2D eigenvalue weighted by Crippen LogP contribution is -2.28. The van der Waals surface area contributed by atoms with Crippen LogP contribution in [0.25, 0.3) is 0 Å². The summed E-state index contributed by atoms with van der Waals surface area (Å²) in [6.07, 6.45) is -0.806. The fraction of sp³-hybridized carbons (Fsp3) is 0.667. The molecule has 1 rings (SSSR count). The van der Waals surface area contributed by atoms with Gasteiger partial charge in [0.15, 0.2) is 0 Å². The highest BCUT2D eigenvalue weighted by atomic mass is 16.5. The van der Waals surface area contributed by atoms with E-state index in [0.717, 1.165) is 0 Å². The molecule has 1 atom stereocenters. The Morgan fingerprint density at radius 1 is 1.47 bits per heavy atom. The van der Waals surface area contributed by atoms with Crippen molar-refractivity contribution in [3.8, 4) is 0 Å². The molecule has 6 nitrogen and oxygen atoms in total. The summed E-state index contributed by atoms with van der Waals surface area (Å²) in [5.41, 5.74) is 0. The number of carboxylic acid groups (broad SMARTS) is 1. The van der Waals surface area contributed by atoms with E-state index in [1.807, 2.05) is 0 Å². The van der Waals surface area contributed by atoms with Crippen molar-refractivity contribution in [1.82, 2.24) is 4.90 Å². The molecule has 15 heavy (non-hydrogen) atoms. The Hall–Kier alpha value is -1.59. The van der Waals surface area contributed by atoms with E-state index >= 15 is 0 Å². The first-order valence-electron chi connectivity index (χ1n) is 4.62. The number of carbonyl (C=O) groups excluding carboxylic acids is 2. The normalized spacial score (nSPS) is 20.1. The van der Waals surface area contributed by atoms with E-state index in [0.29, 0.717) is 13.0 Å². The van der Waals surface area contributed by atoms with Crippen LogP contribution in [-0.2, 0) is 14.3 Å². The molecule has 1 aliphatic heterocycles. The summed E-state index contributed by atoms with van der Waals surface area (Å²) in [6, 6.07) is 0. The van der Waals surface area contributed by atoms with Gasteiger partial charge in [-0.15, -0.1) is 0 Å². The van der Waals surface area contributed by atoms with Crippen LogP contribution in [0.1, 0.15) is 12.8 Å². The van der Waals surface area contributed by atoms with Crippen molar-refractivity contribution in [2.45, 2.75) is 12.8 Å². The highest BCUT2D eigenvalue weighted by Crippen LogP contribution is 2.18. The number of esters is 1. The Labute approximate surface area is 86.8 Å². The van der Waals surface area contributed by atoms with E-state index in [2.05, 4.69) is 4.74 Å². The third-order valence-electron chi connectivity index (χ3n) is 2.46. The molecule has 0 spiro atoms. The lowest BCUT2D eigenvalue weighted by Gasteiger charge is -2.10. The van der Waals surface area contributed by atoms with E-state index in [-0.39, 0.29) is 24.7 Å². The third kappa shape index (κ3) is 2.93. The zero-order chi connectivity index (χ0) is 11.4. The van der Waals surface area contributed by atoms with Gasteiger partial charge in [-0.1, -0.05) is 0 Å². The number of nitrogens with zero attached hydrogens (tertiary/aromatic N) is 1. The van der Waals surface area contributed by atoms with Crippen LogP contribution in [-0.4, -0.2) is 48.1 Å². The molecule has 6 heteroatoms. The summed E-state index contributed by atoms with van der Waals surface area (Å²) in [4.78, 5) is 34.0. The topological polar surface area (TPSA) is 83.9 Å². The molecule has 84 valence electrons. The molecular formula is C9H13NO5. The van der Waals surface area contributed by atoms with Crippen LogP contribution in [0.3, 0.4) is 0 Å². The van der Waals surface area contributed by atoms with Gasteiger partial charge in [0, 0.05) is 19.0 Å². The summed E-state index contributed by atoms with van der Waals surface area (Å²) in [7, 11) is 1.22. The van der Waals surface area contributed by atoms with Crippen molar-refractivity contribution < 1.29 is 24.2 Å². The summed E-state index contributed by atoms with van der Waals surface area (Å²) in [5, 5.41) is 8.66. The molecule has 1 saturated heterocycles. The summed E-state index contributed by atoms with van der Waals surface area (Å²) in [6.45, 7) is 0.540. The molecule has 1 heterocycles. The number of rotatable bonds is 3. The van der Waals surface area contributed by atoms with Gasteiger partial charge >= 0.3 is 12.1 Å². The van der Waals surface area contributed by atoms with Crippen molar-refractivity contribution in [3.05, 3.63) is 0 Å². The second-order valence-electron chi connectivity index (χ2n) is 3.43. The van der Waals surface area contributed by atoms with Gasteiger partial charge in [-0.2, -0.15) is 0 Å². The van der Waals surface area contributed by atoms with E-state index in [9.17, 15) is 14.4 Å². The smallest absolute Gasteiger partial charge is 0.407 e. The lowest BCUT2D eigenvalue weighted by molar-refractivity contribution is -0.144. The second-order valence-corrected chi connectivity index (χ2v) is 3.43. The average molecular weight is 215 g/mol. The SMILES string of the molecule is COC(=O)CC(=O)[C@H]1CCN(C(=O)O)C1. The first-order chi connectivity index (χ1) is 7.04. The molecule has 0 bridgehead atoms. The Kier molecular flexibility index (Phi) is 3.65. The van der Waals surface area contributed by atoms with Crippen molar-refractivity contribution in [3.63, 3.8) is 0 Å². The Bertz CT molecular complexity index is 288. The van der Waals surface area contributed by atoms with Crippen LogP contribution in [0.15, 0.2) is 0 Å². The van der Waals surface area contributed by atoms with Gasteiger partial charge in [0.2, 0.25) is 0 Å². The second kappa shape index (κ2) is 4.77. The van der Waals surface area contributed by atoms with Gasteiger partial charge in [0.25, 0.3) is 0 Å². The maximum atomic E-state index is 11.5. The fourth-order valence-electron chi connectivity index (χ4n) is 1.56. The largest absolute Gasteiger partial charge is 0.469 e. The molecule has 1 fully saturated rings. The molecule has 1 amide bonds. The van der Waals surface area contributed by atoms with E-state index in [1.165, 1.54) is 12.0 Å². The Morgan fingerprint density at radius 3 is 2.60 bits per heavy atom. The maximum absolute atomic E-state index is 11.5. The highest BCUT2D eigenvalue weighted by molar-refractivity contribution is 5.97. The van der Waals surface area contributed by atoms with Gasteiger partial charge in [-0.05, 0) is 6.42 Å². The number of carbonyl (C=O) groups is 3. The standard InChI is InChI=1S/C9H13NO5/c1-15-8(12)4-7(11)6-2-3-10(5-6)9(13)14/h6H,2-5H2,1H3,(H,13,14)/t6-/m0/s1. The van der Waals surface area contributed by atoms with E-state index in [4.69, 9.17) is 5.11 Å². The molecule has 0 aliphatic carbocycles. The van der Waals surface area contributed by atoms with Crippen LogP contribution < -0.4 is 0 Å². The highest BCUT2D eigenvalue weighted by Gasteiger charge is 2.31. The molecule has 0 radical (unpaired) electrons. The lowest BCUT2D eigenvalue weighted by atomic mass is 10.0. The number of amides is 1. The number of Topliss-reactive ketones (excluding diaryl/α,β-unsaturated/α-hetero) is 1. The predicted molar refractivity (Wildman–Crippen MR) is 49.3 cm³/mol. The summed E-state index contributed by atoms with van der Waals surface area (Å²) in [5.74, 6) is -1.18. The van der Waals surface area contributed by atoms with E-state index < -0.39 is 12.1 Å². The number of ketones is 1. The van der Waals surface area contributed by atoms with Gasteiger partial charge in [0.05, 0.1) is 7.11 Å². The van der Waals surface area contributed by atoms with Crippen molar-refractivity contribution >= 4 is 17.8 Å². The average Bonchev–Trinajstić information content (AvgIpc) is 2.66. The molecule has 0 unspecified atom stereocenters. The molecular weight excluding hydrogens is 202 g/mol. The first kappa shape index (κ1) is 11.5. The zero-order valence-electron chi connectivity index (χ0n) is 8.43. The van der Waals surface area contributed by atoms with Crippen LogP contribution in [0, 0.1) is 5.92 Å². The monoisotopic (exact) mass is 215 g/mol. The maximum Gasteiger partial charge on any atom is 0.407 e. The number of likely N-dealkylation sites (tertiary alicyclic amines) is 1. The van der Waals surface area contributed by atoms with Gasteiger partial charge in [-0.3, -0.25) is 9.59 Å². The minimum absolute atomic E-state index is 0.186. The number of hydrogen-bond donors (Lipinski definition) is 1. The van der Waals surface area contributed by atoms with E-state index in [1.54, 1.807) is 0 Å². The van der Waals surface area contributed by atoms with Crippen LogP contribution in [0.5, 0.6) is 0 Å². The van der Waals surface area contributed by atoms with Crippen LogP contribution in [0.2, 0.25) is 0 Å². The quantitative estimate of drug-likeness (QED) is 0.534. The third-order valence-corrected chi connectivity index (χ3v) is 2.46.